The summed E-state index contributed by atoms with van der Waals surface area (Å²) in [5.74, 6) is 1.95. The normalized spacial score (nSPS) is 38.2. The average Bonchev–Trinajstić information content (AvgIpc) is 3.06. The van der Waals surface area contributed by atoms with Gasteiger partial charge in [-0.15, -0.1) is 0 Å². The van der Waals surface area contributed by atoms with Gasteiger partial charge in [-0.05, 0) is 99.9 Å². The lowest BCUT2D eigenvalue weighted by atomic mass is 9.61. The zero-order valence-corrected chi connectivity index (χ0v) is 19.8. The molecule has 3 aliphatic carbocycles. The molecule has 0 saturated heterocycles. The molecular weight excluding hydrogens is 368 g/mol. The highest BCUT2D eigenvalue weighted by Crippen LogP contribution is 2.59. The first-order valence-corrected chi connectivity index (χ1v) is 12.3. The van der Waals surface area contributed by atoms with E-state index in [9.17, 15) is 10.2 Å². The van der Waals surface area contributed by atoms with Crippen LogP contribution in [0.15, 0.2) is 47.6 Å². The first-order chi connectivity index (χ1) is 14.2. The molecule has 0 spiro atoms. The molecule has 0 heterocycles. The minimum atomic E-state index is -0.580. The molecule has 3 rings (SSSR count). The Hall–Kier alpha value is -1.12. The summed E-state index contributed by atoms with van der Waals surface area (Å²) >= 11 is 0. The van der Waals surface area contributed by atoms with E-state index in [-0.39, 0.29) is 6.10 Å². The smallest absolute Gasteiger partial charge is 0.0651 e. The van der Waals surface area contributed by atoms with Crippen molar-refractivity contribution in [3.8, 4) is 0 Å². The van der Waals surface area contributed by atoms with E-state index in [1.165, 1.54) is 43.3 Å². The zero-order chi connectivity index (χ0) is 21.9. The van der Waals surface area contributed by atoms with E-state index in [1.54, 1.807) is 5.57 Å². The van der Waals surface area contributed by atoms with E-state index >= 15 is 0 Å². The van der Waals surface area contributed by atoms with Gasteiger partial charge < -0.3 is 10.2 Å². The number of fused-ring (bicyclic) bond motifs is 1. The van der Waals surface area contributed by atoms with Crippen LogP contribution in [0, 0.1) is 23.2 Å². The van der Waals surface area contributed by atoms with Gasteiger partial charge >= 0.3 is 0 Å². The van der Waals surface area contributed by atoms with Crippen molar-refractivity contribution < 1.29 is 10.2 Å². The van der Waals surface area contributed by atoms with E-state index in [0.717, 1.165) is 32.1 Å². The first-order valence-electron chi connectivity index (χ1n) is 12.3. The lowest BCUT2D eigenvalue weighted by Crippen LogP contribution is -2.35. The third-order valence-electron chi connectivity index (χ3n) is 8.62. The highest BCUT2D eigenvalue weighted by Gasteiger charge is 2.50. The molecule has 0 radical (unpaired) electrons. The van der Waals surface area contributed by atoms with Gasteiger partial charge in [-0.1, -0.05) is 62.8 Å². The van der Waals surface area contributed by atoms with Crippen molar-refractivity contribution in [1.29, 1.82) is 0 Å². The highest BCUT2D eigenvalue weighted by atomic mass is 16.3. The van der Waals surface area contributed by atoms with E-state index in [2.05, 4.69) is 51.7 Å². The van der Waals surface area contributed by atoms with Crippen LogP contribution in [0.4, 0.5) is 0 Å². The molecule has 3 fully saturated rings. The molecule has 0 amide bonds. The predicted octanol–water partition coefficient (Wildman–Crippen LogP) is 6.90. The average molecular weight is 413 g/mol. The van der Waals surface area contributed by atoms with Gasteiger partial charge in [0, 0.05) is 0 Å². The van der Waals surface area contributed by atoms with Crippen LogP contribution in [0.1, 0.15) is 91.9 Å². The van der Waals surface area contributed by atoms with E-state index in [4.69, 9.17) is 0 Å². The zero-order valence-electron chi connectivity index (χ0n) is 19.8. The number of hydrogen-bond donors (Lipinski definition) is 2. The van der Waals surface area contributed by atoms with Gasteiger partial charge in [0.1, 0.15) is 0 Å². The highest BCUT2D eigenvalue weighted by molar-refractivity contribution is 5.36. The second kappa shape index (κ2) is 9.57. The van der Waals surface area contributed by atoms with E-state index in [0.29, 0.717) is 23.2 Å². The van der Waals surface area contributed by atoms with Crippen LogP contribution in [-0.2, 0) is 0 Å². The summed E-state index contributed by atoms with van der Waals surface area (Å²) in [6.07, 6.45) is 19.6. The maximum absolute atomic E-state index is 10.3. The molecule has 0 aromatic carbocycles. The Kier molecular flexibility index (Phi) is 7.51. The fraction of sp³-hybridized carbons (Fsp3) is 0.714. The lowest BCUT2D eigenvalue weighted by molar-refractivity contribution is 0.0589. The first kappa shape index (κ1) is 23.5. The Morgan fingerprint density at radius 1 is 1.23 bits per heavy atom. The number of allylic oxidation sites excluding steroid dienone is 5. The molecule has 168 valence electrons. The molecule has 30 heavy (non-hydrogen) atoms. The fourth-order valence-electron chi connectivity index (χ4n) is 6.35. The second-order valence-electron chi connectivity index (χ2n) is 10.9. The van der Waals surface area contributed by atoms with Crippen LogP contribution < -0.4 is 0 Å². The summed E-state index contributed by atoms with van der Waals surface area (Å²) in [6, 6.07) is 0. The predicted molar refractivity (Wildman–Crippen MR) is 127 cm³/mol. The standard InChI is InChI=1S/C28H44O2/c1-6-27(4,30)17-7-9-21(3)25-15-16-26-22(10-8-18-28(25,26)5)12-13-23-19-24(29)14-11-20(23)2/h7,9,12-13,21,24-26,29-30H,2,6,8,10-11,14-19H2,1,3-5H3/b9-7+,22-12+,23-13+/t21-,24+,25-,26+,27-,28-/m1/s1. The minimum absolute atomic E-state index is 0.200. The summed E-state index contributed by atoms with van der Waals surface area (Å²) in [4.78, 5) is 0. The quantitative estimate of drug-likeness (QED) is 0.466. The molecule has 3 saturated carbocycles. The van der Waals surface area contributed by atoms with Crippen molar-refractivity contribution in [2.45, 2.75) is 104 Å². The molecule has 2 heteroatoms. The molecule has 2 N–H and O–H groups in total. The Morgan fingerprint density at radius 3 is 2.73 bits per heavy atom. The van der Waals surface area contributed by atoms with Crippen molar-refractivity contribution >= 4 is 0 Å². The molecule has 0 aromatic heterocycles. The van der Waals surface area contributed by atoms with E-state index in [1.807, 2.05) is 6.92 Å². The summed E-state index contributed by atoms with van der Waals surface area (Å²) in [5, 5.41) is 20.3. The molecule has 0 aliphatic heterocycles. The number of aliphatic hydroxyl groups excluding tert-OH is 1. The summed E-state index contributed by atoms with van der Waals surface area (Å²) in [5.41, 5.74) is 3.88. The van der Waals surface area contributed by atoms with Crippen LogP contribution in [-0.4, -0.2) is 21.9 Å². The molecule has 2 nitrogen and oxygen atoms in total. The van der Waals surface area contributed by atoms with Gasteiger partial charge in [0.25, 0.3) is 0 Å². The van der Waals surface area contributed by atoms with Crippen LogP contribution in [0.25, 0.3) is 0 Å². The molecule has 0 aromatic rings. The van der Waals surface area contributed by atoms with Crippen molar-refractivity contribution in [2.75, 3.05) is 0 Å². The molecular formula is C28H44O2. The van der Waals surface area contributed by atoms with Gasteiger partial charge in [-0.3, -0.25) is 0 Å². The van der Waals surface area contributed by atoms with Crippen LogP contribution in [0.2, 0.25) is 0 Å². The fourth-order valence-corrected chi connectivity index (χ4v) is 6.35. The molecule has 6 atom stereocenters. The van der Waals surface area contributed by atoms with Gasteiger partial charge in [-0.2, -0.15) is 0 Å². The number of rotatable bonds is 6. The van der Waals surface area contributed by atoms with Crippen LogP contribution in [0.5, 0.6) is 0 Å². The summed E-state index contributed by atoms with van der Waals surface area (Å²) < 4.78 is 0. The maximum Gasteiger partial charge on any atom is 0.0651 e. The third kappa shape index (κ3) is 5.19. The van der Waals surface area contributed by atoms with Crippen molar-refractivity contribution in [3.05, 3.63) is 47.6 Å². The summed E-state index contributed by atoms with van der Waals surface area (Å²) in [7, 11) is 0. The number of hydrogen-bond acceptors (Lipinski definition) is 2. The second-order valence-corrected chi connectivity index (χ2v) is 10.9. The van der Waals surface area contributed by atoms with Crippen molar-refractivity contribution in [2.24, 2.45) is 23.2 Å². The summed E-state index contributed by atoms with van der Waals surface area (Å²) in [6.45, 7) is 13.1. The Balaban J connectivity index is 1.72. The molecule has 0 unspecified atom stereocenters. The van der Waals surface area contributed by atoms with Crippen molar-refractivity contribution in [3.63, 3.8) is 0 Å². The molecule has 3 aliphatic rings. The number of aliphatic hydroxyl groups is 2. The van der Waals surface area contributed by atoms with Crippen LogP contribution >= 0.6 is 0 Å². The minimum Gasteiger partial charge on any atom is -0.393 e. The monoisotopic (exact) mass is 412 g/mol. The van der Waals surface area contributed by atoms with Gasteiger partial charge in [-0.25, -0.2) is 0 Å². The maximum atomic E-state index is 10.3. The largest absolute Gasteiger partial charge is 0.393 e. The topological polar surface area (TPSA) is 40.5 Å². The third-order valence-corrected chi connectivity index (χ3v) is 8.62. The van der Waals surface area contributed by atoms with Gasteiger partial charge in [0.2, 0.25) is 0 Å². The van der Waals surface area contributed by atoms with Gasteiger partial charge in [0.15, 0.2) is 0 Å². The SMILES string of the molecule is C=C1CC[C@H](O)C/C1=C\C=C1/CCC[C@]2(C)[C@@H]([C@H](C)/C=C/C[C@](C)(O)CC)CC[C@@H]12. The van der Waals surface area contributed by atoms with Crippen molar-refractivity contribution in [1.82, 2.24) is 0 Å². The Morgan fingerprint density at radius 2 is 2.00 bits per heavy atom. The van der Waals surface area contributed by atoms with E-state index < -0.39 is 5.60 Å². The lowest BCUT2D eigenvalue weighted by Gasteiger charge is -2.44. The Labute approximate surface area is 184 Å². The molecule has 0 bridgehead atoms. The van der Waals surface area contributed by atoms with Gasteiger partial charge in [0.05, 0.1) is 11.7 Å². The van der Waals surface area contributed by atoms with Crippen LogP contribution in [0.3, 0.4) is 0 Å². The Bertz CT molecular complexity index is 710.